The van der Waals surface area contributed by atoms with E-state index < -0.39 is 0 Å². The van der Waals surface area contributed by atoms with Crippen LogP contribution in [0.2, 0.25) is 0 Å². The first kappa shape index (κ1) is 14.5. The van der Waals surface area contributed by atoms with Gasteiger partial charge in [-0.25, -0.2) is 0 Å². The second-order valence-corrected chi connectivity index (χ2v) is 6.52. The Morgan fingerprint density at radius 1 is 1.00 bits per heavy atom. The lowest BCUT2D eigenvalue weighted by Gasteiger charge is -2.21. The second kappa shape index (κ2) is 6.17. The van der Waals surface area contributed by atoms with Crippen molar-refractivity contribution in [3.63, 3.8) is 0 Å². The van der Waals surface area contributed by atoms with Crippen molar-refractivity contribution in [3.8, 4) is 11.1 Å². The largest absolute Gasteiger partial charge is 0.326 e. The van der Waals surface area contributed by atoms with Gasteiger partial charge in [0.15, 0.2) is 0 Å². The number of benzene rings is 2. The molecule has 118 valence electrons. The molecule has 1 aliphatic rings. The van der Waals surface area contributed by atoms with E-state index in [0.717, 1.165) is 0 Å². The van der Waals surface area contributed by atoms with Crippen LogP contribution >= 0.6 is 0 Å². The monoisotopic (exact) mass is 305 g/mol. The maximum Gasteiger partial charge on any atom is 0.0568 e. The molecule has 0 saturated heterocycles. The molecule has 4 rings (SSSR count). The Labute approximate surface area is 137 Å². The number of nitrogens with two attached hydrogens (primary N) is 1. The Morgan fingerprint density at radius 2 is 1.78 bits per heavy atom. The fourth-order valence-corrected chi connectivity index (χ4v) is 3.81. The maximum absolute atomic E-state index is 5.89. The quantitative estimate of drug-likeness (QED) is 0.764. The SMILES string of the molecule is NCc1ccc(-c2cnn(C3CCCCC3)c2)c2ccccc12. The molecule has 0 aliphatic heterocycles. The minimum Gasteiger partial charge on any atom is -0.326 e. The van der Waals surface area contributed by atoms with E-state index in [1.165, 1.54) is 59.6 Å². The third-order valence-corrected chi connectivity index (χ3v) is 5.10. The molecule has 3 aromatic rings. The minimum absolute atomic E-state index is 0.572. The van der Waals surface area contributed by atoms with Crippen molar-refractivity contribution in [1.82, 2.24) is 9.78 Å². The molecular formula is C20H23N3. The summed E-state index contributed by atoms with van der Waals surface area (Å²) in [5.74, 6) is 0. The summed E-state index contributed by atoms with van der Waals surface area (Å²) in [6, 6.07) is 13.4. The van der Waals surface area contributed by atoms with Crippen LogP contribution in [0.3, 0.4) is 0 Å². The van der Waals surface area contributed by atoms with E-state index in [0.29, 0.717) is 12.6 Å². The number of nitrogens with zero attached hydrogens (tertiary/aromatic N) is 2. The average Bonchev–Trinajstić information content (AvgIpc) is 3.11. The molecule has 1 saturated carbocycles. The van der Waals surface area contributed by atoms with E-state index in [9.17, 15) is 0 Å². The summed E-state index contributed by atoms with van der Waals surface area (Å²) < 4.78 is 2.18. The normalized spacial score (nSPS) is 16.0. The molecule has 1 aliphatic carbocycles. The van der Waals surface area contributed by atoms with E-state index in [1.807, 2.05) is 6.20 Å². The minimum atomic E-state index is 0.572. The van der Waals surface area contributed by atoms with Crippen molar-refractivity contribution in [1.29, 1.82) is 0 Å². The first-order valence-electron chi connectivity index (χ1n) is 8.62. The van der Waals surface area contributed by atoms with Gasteiger partial charge in [-0.3, -0.25) is 4.68 Å². The molecule has 3 heteroatoms. The van der Waals surface area contributed by atoms with Crippen molar-refractivity contribution in [2.24, 2.45) is 5.73 Å². The summed E-state index contributed by atoms with van der Waals surface area (Å²) in [4.78, 5) is 0. The zero-order valence-electron chi connectivity index (χ0n) is 13.4. The van der Waals surface area contributed by atoms with Crippen LogP contribution in [0, 0.1) is 0 Å². The molecule has 3 nitrogen and oxygen atoms in total. The molecule has 0 amide bonds. The van der Waals surface area contributed by atoms with E-state index in [2.05, 4.69) is 52.4 Å². The number of hydrogen-bond acceptors (Lipinski definition) is 2. The number of aromatic nitrogens is 2. The van der Waals surface area contributed by atoms with Crippen molar-refractivity contribution in [2.45, 2.75) is 44.7 Å². The van der Waals surface area contributed by atoms with Crippen LogP contribution in [0.4, 0.5) is 0 Å². The van der Waals surface area contributed by atoms with Crippen LogP contribution in [0.15, 0.2) is 48.8 Å². The zero-order chi connectivity index (χ0) is 15.6. The standard InChI is InChI=1S/C20H23N3/c21-12-15-10-11-19(20-9-5-4-8-18(15)20)16-13-22-23(14-16)17-6-2-1-3-7-17/h4-5,8-11,13-14,17H,1-3,6-7,12,21H2. The van der Waals surface area contributed by atoms with Gasteiger partial charge in [-0.05, 0) is 34.7 Å². The predicted octanol–water partition coefficient (Wildman–Crippen LogP) is 4.67. The van der Waals surface area contributed by atoms with Crippen LogP contribution in [-0.2, 0) is 6.54 Å². The fourth-order valence-electron chi connectivity index (χ4n) is 3.81. The highest BCUT2D eigenvalue weighted by molar-refractivity contribution is 5.98. The molecule has 1 fully saturated rings. The molecule has 0 unspecified atom stereocenters. The van der Waals surface area contributed by atoms with Gasteiger partial charge >= 0.3 is 0 Å². The van der Waals surface area contributed by atoms with Gasteiger partial charge in [0.25, 0.3) is 0 Å². The van der Waals surface area contributed by atoms with Crippen LogP contribution in [0.1, 0.15) is 43.7 Å². The molecule has 23 heavy (non-hydrogen) atoms. The van der Waals surface area contributed by atoms with Crippen molar-refractivity contribution >= 4 is 10.8 Å². The predicted molar refractivity (Wildman–Crippen MR) is 95.2 cm³/mol. The van der Waals surface area contributed by atoms with Crippen LogP contribution in [-0.4, -0.2) is 9.78 Å². The smallest absolute Gasteiger partial charge is 0.0568 e. The molecule has 0 spiro atoms. The van der Waals surface area contributed by atoms with Gasteiger partial charge in [0.1, 0.15) is 0 Å². The van der Waals surface area contributed by atoms with Crippen LogP contribution in [0.5, 0.6) is 0 Å². The summed E-state index contributed by atoms with van der Waals surface area (Å²) in [5.41, 5.74) is 9.54. The highest BCUT2D eigenvalue weighted by Crippen LogP contribution is 2.33. The Morgan fingerprint density at radius 3 is 2.57 bits per heavy atom. The van der Waals surface area contributed by atoms with Crippen molar-refractivity contribution in [2.75, 3.05) is 0 Å². The molecule has 1 heterocycles. The van der Waals surface area contributed by atoms with E-state index >= 15 is 0 Å². The van der Waals surface area contributed by atoms with Gasteiger partial charge in [-0.2, -0.15) is 5.10 Å². The molecule has 2 aromatic carbocycles. The highest BCUT2D eigenvalue weighted by atomic mass is 15.3. The van der Waals surface area contributed by atoms with E-state index in [4.69, 9.17) is 5.73 Å². The van der Waals surface area contributed by atoms with Gasteiger partial charge in [-0.15, -0.1) is 0 Å². The summed E-state index contributed by atoms with van der Waals surface area (Å²) in [6.45, 7) is 0.572. The molecular weight excluding hydrogens is 282 g/mol. The van der Waals surface area contributed by atoms with Gasteiger partial charge in [-0.1, -0.05) is 55.7 Å². The Kier molecular flexibility index (Phi) is 3.88. The zero-order valence-corrected chi connectivity index (χ0v) is 13.4. The molecule has 0 bridgehead atoms. The molecule has 0 atom stereocenters. The molecule has 2 N–H and O–H groups in total. The van der Waals surface area contributed by atoms with Crippen molar-refractivity contribution < 1.29 is 0 Å². The Balaban J connectivity index is 1.76. The lowest BCUT2D eigenvalue weighted by molar-refractivity contribution is 0.329. The van der Waals surface area contributed by atoms with Crippen LogP contribution in [0.25, 0.3) is 21.9 Å². The summed E-state index contributed by atoms with van der Waals surface area (Å²) >= 11 is 0. The lowest BCUT2D eigenvalue weighted by atomic mass is 9.95. The summed E-state index contributed by atoms with van der Waals surface area (Å²) in [6.07, 6.45) is 10.8. The number of rotatable bonds is 3. The van der Waals surface area contributed by atoms with Gasteiger partial charge in [0, 0.05) is 18.3 Å². The van der Waals surface area contributed by atoms with Crippen molar-refractivity contribution in [3.05, 3.63) is 54.4 Å². The fraction of sp³-hybridized carbons (Fsp3) is 0.350. The highest BCUT2D eigenvalue weighted by Gasteiger charge is 2.17. The third kappa shape index (κ3) is 2.66. The van der Waals surface area contributed by atoms with Gasteiger partial charge < -0.3 is 5.73 Å². The summed E-state index contributed by atoms with van der Waals surface area (Å²) in [7, 11) is 0. The topological polar surface area (TPSA) is 43.8 Å². The van der Waals surface area contributed by atoms with E-state index in [-0.39, 0.29) is 0 Å². The Hall–Kier alpha value is -2.13. The summed E-state index contributed by atoms with van der Waals surface area (Å²) in [5, 5.41) is 7.17. The molecule has 1 aromatic heterocycles. The molecule has 0 radical (unpaired) electrons. The Bertz CT molecular complexity index is 813. The van der Waals surface area contributed by atoms with E-state index in [1.54, 1.807) is 0 Å². The first-order chi connectivity index (χ1) is 11.4. The first-order valence-corrected chi connectivity index (χ1v) is 8.62. The lowest BCUT2D eigenvalue weighted by Crippen LogP contribution is -2.12. The third-order valence-electron chi connectivity index (χ3n) is 5.10. The maximum atomic E-state index is 5.89. The van der Waals surface area contributed by atoms with Gasteiger partial charge in [0.2, 0.25) is 0 Å². The number of fused-ring (bicyclic) bond motifs is 1. The number of hydrogen-bond donors (Lipinski definition) is 1. The second-order valence-electron chi connectivity index (χ2n) is 6.52. The van der Waals surface area contributed by atoms with Gasteiger partial charge in [0.05, 0.1) is 12.2 Å². The average molecular weight is 305 g/mol. The van der Waals surface area contributed by atoms with Crippen LogP contribution < -0.4 is 5.73 Å².